The first-order chi connectivity index (χ1) is 13.6. The second kappa shape index (κ2) is 7.82. The number of urea groups is 1. The Kier molecular flexibility index (Phi) is 5.08. The number of anilines is 1. The van der Waals surface area contributed by atoms with Crippen molar-refractivity contribution >= 4 is 32.7 Å². The highest BCUT2D eigenvalue weighted by Crippen LogP contribution is 2.25. The lowest BCUT2D eigenvalue weighted by Gasteiger charge is -2.07. The van der Waals surface area contributed by atoms with Gasteiger partial charge in [-0.05, 0) is 31.5 Å². The van der Waals surface area contributed by atoms with Crippen LogP contribution in [0.1, 0.15) is 22.5 Å². The monoisotopic (exact) mass is 391 g/mol. The first-order valence-electron chi connectivity index (χ1n) is 9.07. The largest absolute Gasteiger partial charge is 0.334 e. The maximum Gasteiger partial charge on any atom is 0.321 e. The van der Waals surface area contributed by atoms with Gasteiger partial charge >= 0.3 is 6.03 Å². The number of aromatic nitrogens is 3. The molecule has 0 bridgehead atoms. The van der Waals surface area contributed by atoms with Crippen molar-refractivity contribution in [2.75, 3.05) is 5.32 Å². The fourth-order valence-electron chi connectivity index (χ4n) is 3.14. The van der Waals surface area contributed by atoms with Crippen LogP contribution in [0, 0.1) is 13.8 Å². The summed E-state index contributed by atoms with van der Waals surface area (Å²) >= 11 is 1.46. The third-order valence-corrected chi connectivity index (χ3v) is 5.60. The van der Waals surface area contributed by atoms with Gasteiger partial charge in [0.1, 0.15) is 0 Å². The number of nitrogens with one attached hydrogen (secondary N) is 2. The lowest BCUT2D eigenvalue weighted by atomic mass is 10.2. The zero-order valence-corrected chi connectivity index (χ0v) is 16.6. The van der Waals surface area contributed by atoms with E-state index in [4.69, 9.17) is 0 Å². The predicted octanol–water partition coefficient (Wildman–Crippen LogP) is 4.48. The number of benzene rings is 2. The fraction of sp³-hybridized carbons (Fsp3) is 0.190. The van der Waals surface area contributed by atoms with E-state index < -0.39 is 0 Å². The summed E-state index contributed by atoms with van der Waals surface area (Å²) in [5.41, 5.74) is 5.10. The number of hydrogen-bond donors (Lipinski definition) is 2. The molecule has 0 radical (unpaired) electrons. The van der Waals surface area contributed by atoms with Crippen molar-refractivity contribution in [3.8, 4) is 0 Å². The van der Waals surface area contributed by atoms with Crippen LogP contribution in [-0.4, -0.2) is 20.8 Å². The minimum atomic E-state index is -0.270. The van der Waals surface area contributed by atoms with Crippen LogP contribution in [0.25, 0.3) is 10.2 Å². The molecule has 0 fully saturated rings. The number of carbonyl (C=O) groups is 1. The number of fused-ring (bicyclic) bond motifs is 1. The summed E-state index contributed by atoms with van der Waals surface area (Å²) < 4.78 is 3.03. The van der Waals surface area contributed by atoms with Crippen molar-refractivity contribution in [1.82, 2.24) is 20.1 Å². The maximum absolute atomic E-state index is 12.3. The molecule has 0 aliphatic rings. The van der Waals surface area contributed by atoms with Gasteiger partial charge in [0.2, 0.25) is 0 Å². The van der Waals surface area contributed by atoms with Crippen LogP contribution >= 0.6 is 11.3 Å². The molecule has 0 aliphatic carbocycles. The Hall–Kier alpha value is -3.19. The van der Waals surface area contributed by atoms with E-state index in [1.54, 1.807) is 0 Å². The Labute approximate surface area is 167 Å². The molecule has 6 nitrogen and oxygen atoms in total. The third-order valence-electron chi connectivity index (χ3n) is 4.65. The van der Waals surface area contributed by atoms with E-state index in [0.29, 0.717) is 18.2 Å². The molecule has 2 aromatic heterocycles. The molecule has 142 valence electrons. The highest BCUT2D eigenvalue weighted by Gasteiger charge is 2.13. The van der Waals surface area contributed by atoms with Crippen molar-refractivity contribution in [2.24, 2.45) is 0 Å². The number of rotatable bonds is 5. The molecule has 0 atom stereocenters. The predicted molar refractivity (Wildman–Crippen MR) is 113 cm³/mol. The Morgan fingerprint density at radius 1 is 1.07 bits per heavy atom. The molecule has 0 saturated heterocycles. The molecule has 2 aromatic carbocycles. The van der Waals surface area contributed by atoms with Crippen LogP contribution < -0.4 is 10.6 Å². The number of nitrogens with zero attached hydrogens (tertiary/aromatic N) is 3. The molecule has 28 heavy (non-hydrogen) atoms. The molecule has 2 heterocycles. The molecule has 7 heteroatoms. The topological polar surface area (TPSA) is 71.8 Å². The van der Waals surface area contributed by atoms with E-state index in [2.05, 4.69) is 32.8 Å². The van der Waals surface area contributed by atoms with E-state index in [1.807, 2.05) is 61.0 Å². The minimum absolute atomic E-state index is 0.270. The van der Waals surface area contributed by atoms with Crippen molar-refractivity contribution in [1.29, 1.82) is 0 Å². The van der Waals surface area contributed by atoms with Crippen molar-refractivity contribution in [2.45, 2.75) is 26.9 Å². The Bertz CT molecular complexity index is 1080. The zero-order chi connectivity index (χ0) is 19.5. The highest BCUT2D eigenvalue weighted by molar-refractivity contribution is 7.22. The summed E-state index contributed by atoms with van der Waals surface area (Å²) in [6.45, 7) is 5.14. The molecule has 0 unspecified atom stereocenters. The number of aryl methyl sites for hydroxylation is 1. The number of amides is 2. The van der Waals surface area contributed by atoms with E-state index in [1.165, 1.54) is 16.9 Å². The summed E-state index contributed by atoms with van der Waals surface area (Å²) in [4.78, 5) is 16.7. The number of para-hydroxylation sites is 1. The molecule has 2 N–H and O–H groups in total. The second-order valence-corrected chi connectivity index (χ2v) is 7.62. The van der Waals surface area contributed by atoms with Crippen LogP contribution in [0.2, 0.25) is 0 Å². The Morgan fingerprint density at radius 2 is 1.82 bits per heavy atom. The summed E-state index contributed by atoms with van der Waals surface area (Å²) in [6, 6.07) is 17.8. The Morgan fingerprint density at radius 3 is 2.61 bits per heavy atom. The van der Waals surface area contributed by atoms with Gasteiger partial charge < -0.3 is 5.32 Å². The molecule has 0 saturated carbocycles. The minimum Gasteiger partial charge on any atom is -0.334 e. The van der Waals surface area contributed by atoms with Crippen molar-refractivity contribution in [3.63, 3.8) is 0 Å². The molecule has 4 aromatic rings. The van der Waals surface area contributed by atoms with Gasteiger partial charge in [-0.1, -0.05) is 53.8 Å². The average Bonchev–Trinajstić information content (AvgIpc) is 3.21. The van der Waals surface area contributed by atoms with Crippen molar-refractivity contribution in [3.05, 3.63) is 77.1 Å². The highest BCUT2D eigenvalue weighted by atomic mass is 32.1. The van der Waals surface area contributed by atoms with Gasteiger partial charge in [0.25, 0.3) is 0 Å². The maximum atomic E-state index is 12.3. The third kappa shape index (κ3) is 3.89. The molecule has 0 aliphatic heterocycles. The van der Waals surface area contributed by atoms with E-state index >= 15 is 0 Å². The van der Waals surface area contributed by atoms with Gasteiger partial charge in [0.05, 0.1) is 22.5 Å². The summed E-state index contributed by atoms with van der Waals surface area (Å²) in [5.74, 6) is 0. The van der Waals surface area contributed by atoms with Gasteiger partial charge in [-0.2, -0.15) is 5.10 Å². The van der Waals surface area contributed by atoms with Gasteiger partial charge in [-0.25, -0.2) is 9.78 Å². The quantitative estimate of drug-likeness (QED) is 0.527. The normalized spacial score (nSPS) is 10.9. The molecule has 4 rings (SSSR count). The first-order valence-corrected chi connectivity index (χ1v) is 9.89. The SMILES string of the molecule is Cc1nn(Cc2ccccc2)c(C)c1CNC(=O)Nc1nc2ccccc2s1. The van der Waals surface area contributed by atoms with Crippen LogP contribution in [-0.2, 0) is 13.1 Å². The van der Waals surface area contributed by atoms with Gasteiger partial charge in [0.15, 0.2) is 5.13 Å². The smallest absolute Gasteiger partial charge is 0.321 e. The molecular formula is C21H21N5OS. The first kappa shape index (κ1) is 18.2. The van der Waals surface area contributed by atoms with Gasteiger partial charge in [0, 0.05) is 17.8 Å². The van der Waals surface area contributed by atoms with Gasteiger partial charge in [-0.15, -0.1) is 0 Å². The summed E-state index contributed by atoms with van der Waals surface area (Å²) in [5, 5.41) is 11.0. The average molecular weight is 392 g/mol. The lowest BCUT2D eigenvalue weighted by molar-refractivity contribution is 0.251. The molecule has 2 amide bonds. The number of thiazole rings is 1. The van der Waals surface area contributed by atoms with Crippen LogP contribution in [0.5, 0.6) is 0 Å². The number of hydrogen-bond acceptors (Lipinski definition) is 4. The van der Waals surface area contributed by atoms with Crippen LogP contribution in [0.3, 0.4) is 0 Å². The van der Waals surface area contributed by atoms with E-state index in [-0.39, 0.29) is 6.03 Å². The van der Waals surface area contributed by atoms with Gasteiger partial charge in [-0.3, -0.25) is 10.00 Å². The van der Waals surface area contributed by atoms with E-state index in [0.717, 1.165) is 27.2 Å². The summed E-state index contributed by atoms with van der Waals surface area (Å²) in [6.07, 6.45) is 0. The van der Waals surface area contributed by atoms with Crippen molar-refractivity contribution < 1.29 is 4.79 Å². The number of carbonyl (C=O) groups excluding carboxylic acids is 1. The lowest BCUT2D eigenvalue weighted by Crippen LogP contribution is -2.28. The second-order valence-electron chi connectivity index (χ2n) is 6.59. The molecular weight excluding hydrogens is 370 g/mol. The zero-order valence-electron chi connectivity index (χ0n) is 15.8. The van der Waals surface area contributed by atoms with Crippen LogP contribution in [0.15, 0.2) is 54.6 Å². The standard InChI is InChI=1S/C21H21N5OS/c1-14-17(15(2)26(25-14)13-16-8-4-3-5-9-16)12-22-20(27)24-21-23-18-10-6-7-11-19(18)28-21/h3-11H,12-13H2,1-2H3,(H2,22,23,24,27). The molecule has 0 spiro atoms. The Balaban J connectivity index is 1.40. The van der Waals surface area contributed by atoms with E-state index in [9.17, 15) is 4.79 Å². The van der Waals surface area contributed by atoms with Crippen LogP contribution in [0.4, 0.5) is 9.93 Å². The summed E-state index contributed by atoms with van der Waals surface area (Å²) in [7, 11) is 0. The fourth-order valence-corrected chi connectivity index (χ4v) is 4.00.